The number of carbonyl (C=O) groups is 1. The lowest BCUT2D eigenvalue weighted by Gasteiger charge is -2.56. The van der Waals surface area contributed by atoms with Crippen molar-refractivity contribution < 1.29 is 9.90 Å². The lowest BCUT2D eigenvalue weighted by molar-refractivity contribution is -0.136. The summed E-state index contributed by atoms with van der Waals surface area (Å²) in [5.41, 5.74) is 1.56. The number of rotatable bonds is 3. The summed E-state index contributed by atoms with van der Waals surface area (Å²) in [5.74, 6) is 2.26. The summed E-state index contributed by atoms with van der Waals surface area (Å²) in [7, 11) is 0. The molecule has 4 fully saturated rings. The van der Waals surface area contributed by atoms with Gasteiger partial charge in [-0.15, -0.1) is 0 Å². The summed E-state index contributed by atoms with van der Waals surface area (Å²) in [6, 6.07) is 0. The molecular weight excluding hydrogens is 252 g/mol. The van der Waals surface area contributed by atoms with Crippen molar-refractivity contribution in [2.24, 2.45) is 17.8 Å². The summed E-state index contributed by atoms with van der Waals surface area (Å²) in [6.07, 6.45) is 11.9. The van der Waals surface area contributed by atoms with Gasteiger partial charge in [-0.05, 0) is 67.3 Å². The molecule has 0 atom stereocenters. The van der Waals surface area contributed by atoms with Crippen LogP contribution in [0.2, 0.25) is 0 Å². The molecule has 0 radical (unpaired) electrons. The highest BCUT2D eigenvalue weighted by atomic mass is 16.4. The van der Waals surface area contributed by atoms with Crippen LogP contribution in [0.1, 0.15) is 49.9 Å². The van der Waals surface area contributed by atoms with Crippen molar-refractivity contribution >= 4 is 5.97 Å². The molecule has 106 valence electrons. The van der Waals surface area contributed by atoms with E-state index in [1.54, 1.807) is 0 Å². The van der Waals surface area contributed by atoms with Crippen LogP contribution in [0.15, 0.2) is 12.4 Å². The summed E-state index contributed by atoms with van der Waals surface area (Å²) < 4.78 is 0. The van der Waals surface area contributed by atoms with Crippen molar-refractivity contribution in [3.05, 3.63) is 23.8 Å². The van der Waals surface area contributed by atoms with Crippen LogP contribution in [0.5, 0.6) is 0 Å². The maximum atomic E-state index is 10.7. The van der Waals surface area contributed by atoms with E-state index in [4.69, 9.17) is 5.11 Å². The van der Waals surface area contributed by atoms with Gasteiger partial charge in [0.05, 0.1) is 0 Å². The van der Waals surface area contributed by atoms with Gasteiger partial charge in [0, 0.05) is 12.4 Å². The van der Waals surface area contributed by atoms with E-state index < -0.39 is 5.97 Å². The second-order valence-electron chi connectivity index (χ2n) is 7.16. The third-order valence-corrected chi connectivity index (χ3v) is 5.67. The second kappa shape index (κ2) is 4.27. The molecule has 20 heavy (non-hydrogen) atoms. The zero-order valence-electron chi connectivity index (χ0n) is 11.6. The van der Waals surface area contributed by atoms with Crippen molar-refractivity contribution in [2.75, 3.05) is 0 Å². The van der Waals surface area contributed by atoms with Crippen LogP contribution in [0.25, 0.3) is 0 Å². The minimum atomic E-state index is -0.868. The van der Waals surface area contributed by atoms with E-state index in [0.717, 1.165) is 17.8 Å². The molecule has 4 aliphatic rings. The maximum Gasteiger partial charge on any atom is 0.311 e. The first kappa shape index (κ1) is 12.3. The summed E-state index contributed by atoms with van der Waals surface area (Å²) in [4.78, 5) is 19.3. The van der Waals surface area contributed by atoms with Crippen LogP contribution in [0.3, 0.4) is 0 Å². The Bertz CT molecular complexity index is 503. The van der Waals surface area contributed by atoms with Crippen molar-refractivity contribution in [2.45, 2.75) is 50.4 Å². The Hall–Kier alpha value is -1.45. The lowest BCUT2D eigenvalue weighted by Crippen LogP contribution is -2.48. The van der Waals surface area contributed by atoms with Gasteiger partial charge in [0.25, 0.3) is 0 Å². The van der Waals surface area contributed by atoms with Gasteiger partial charge in [0.1, 0.15) is 12.2 Å². The fourth-order valence-electron chi connectivity index (χ4n) is 5.32. The molecule has 4 nitrogen and oxygen atoms in total. The van der Waals surface area contributed by atoms with Crippen LogP contribution in [0.4, 0.5) is 0 Å². The highest BCUT2D eigenvalue weighted by molar-refractivity contribution is 5.68. The fourth-order valence-corrected chi connectivity index (χ4v) is 5.32. The minimum absolute atomic E-state index is 0.0822. The molecule has 4 aliphatic carbocycles. The Morgan fingerprint density at radius 2 is 1.60 bits per heavy atom. The van der Waals surface area contributed by atoms with E-state index in [1.807, 2.05) is 12.4 Å². The van der Waals surface area contributed by atoms with E-state index in [-0.39, 0.29) is 6.42 Å². The topological polar surface area (TPSA) is 63.1 Å². The Morgan fingerprint density at radius 3 is 2.05 bits per heavy atom. The van der Waals surface area contributed by atoms with Gasteiger partial charge in [0.15, 0.2) is 0 Å². The predicted octanol–water partition coefficient (Wildman–Crippen LogP) is 2.57. The van der Waals surface area contributed by atoms with Gasteiger partial charge in [-0.1, -0.05) is 0 Å². The van der Waals surface area contributed by atoms with E-state index in [0.29, 0.717) is 11.2 Å². The normalized spacial score (nSPS) is 38.1. The second-order valence-corrected chi connectivity index (χ2v) is 7.16. The number of nitrogens with zero attached hydrogens (tertiary/aromatic N) is 2. The Kier molecular flexibility index (Phi) is 2.63. The Morgan fingerprint density at radius 1 is 1.10 bits per heavy atom. The van der Waals surface area contributed by atoms with Gasteiger partial charge >= 0.3 is 5.97 Å². The molecular formula is C16H20N2O2. The van der Waals surface area contributed by atoms with Gasteiger partial charge in [-0.25, -0.2) is 9.97 Å². The van der Waals surface area contributed by atoms with Crippen molar-refractivity contribution in [1.29, 1.82) is 0 Å². The first-order chi connectivity index (χ1) is 9.63. The summed E-state index contributed by atoms with van der Waals surface area (Å²) in [6.45, 7) is 0. The van der Waals surface area contributed by atoms with E-state index >= 15 is 0 Å². The molecule has 0 spiro atoms. The number of carboxylic acids is 1. The lowest BCUT2D eigenvalue weighted by atomic mass is 9.48. The van der Waals surface area contributed by atoms with Gasteiger partial charge in [-0.2, -0.15) is 0 Å². The average molecular weight is 272 g/mol. The minimum Gasteiger partial charge on any atom is -0.481 e. The van der Waals surface area contributed by atoms with Crippen LogP contribution >= 0.6 is 0 Å². The van der Waals surface area contributed by atoms with Crippen LogP contribution < -0.4 is 0 Å². The molecule has 1 heterocycles. The quantitative estimate of drug-likeness (QED) is 0.918. The number of hydrogen-bond acceptors (Lipinski definition) is 3. The zero-order chi connectivity index (χ0) is 13.7. The third kappa shape index (κ3) is 1.93. The monoisotopic (exact) mass is 272 g/mol. The van der Waals surface area contributed by atoms with E-state index in [9.17, 15) is 4.79 Å². The fraction of sp³-hybridized carbons (Fsp3) is 0.688. The molecule has 0 unspecified atom stereocenters. The summed E-state index contributed by atoms with van der Waals surface area (Å²) >= 11 is 0. The average Bonchev–Trinajstić information content (AvgIpc) is 2.37. The molecule has 1 aromatic heterocycles. The number of carboxylic acid groups (broad SMARTS) is 1. The molecule has 1 N–H and O–H groups in total. The van der Waals surface area contributed by atoms with E-state index in [1.165, 1.54) is 44.1 Å². The molecule has 0 aromatic carbocycles. The molecule has 0 aliphatic heterocycles. The first-order valence-corrected chi connectivity index (χ1v) is 7.66. The molecule has 5 rings (SSSR count). The highest BCUT2D eigenvalue weighted by Crippen LogP contribution is 2.60. The molecule has 4 saturated carbocycles. The van der Waals surface area contributed by atoms with Crippen LogP contribution in [0, 0.1) is 17.8 Å². The predicted molar refractivity (Wildman–Crippen MR) is 73.2 cm³/mol. The maximum absolute atomic E-state index is 10.7. The number of aromatic nitrogens is 2. The van der Waals surface area contributed by atoms with Crippen molar-refractivity contribution in [3.8, 4) is 0 Å². The molecule has 0 saturated heterocycles. The SMILES string of the molecule is O=C(O)Cc1ncc(C23CC4CC(CC(C4)C2)C3)cn1. The van der Waals surface area contributed by atoms with Crippen LogP contribution in [-0.4, -0.2) is 21.0 Å². The van der Waals surface area contributed by atoms with Gasteiger partial charge < -0.3 is 5.11 Å². The van der Waals surface area contributed by atoms with Crippen LogP contribution in [-0.2, 0) is 16.6 Å². The van der Waals surface area contributed by atoms with Gasteiger partial charge in [-0.3, -0.25) is 4.79 Å². The first-order valence-electron chi connectivity index (χ1n) is 7.66. The summed E-state index contributed by atoms with van der Waals surface area (Å²) in [5, 5.41) is 8.79. The molecule has 0 amide bonds. The van der Waals surface area contributed by atoms with Crippen molar-refractivity contribution in [3.63, 3.8) is 0 Å². The molecule has 4 bridgehead atoms. The zero-order valence-corrected chi connectivity index (χ0v) is 11.6. The Labute approximate surface area is 118 Å². The number of hydrogen-bond donors (Lipinski definition) is 1. The Balaban J connectivity index is 1.62. The standard InChI is InChI=1S/C16H20N2O2/c19-15(20)4-14-17-8-13(9-18-14)16-5-10-1-11(6-16)3-12(2-10)7-16/h8-12H,1-7H2,(H,19,20). The van der Waals surface area contributed by atoms with Crippen molar-refractivity contribution in [1.82, 2.24) is 9.97 Å². The number of aliphatic carboxylic acids is 1. The molecule has 1 aromatic rings. The smallest absolute Gasteiger partial charge is 0.311 e. The highest BCUT2D eigenvalue weighted by Gasteiger charge is 2.51. The van der Waals surface area contributed by atoms with E-state index in [2.05, 4.69) is 9.97 Å². The molecule has 4 heteroatoms. The van der Waals surface area contributed by atoms with Gasteiger partial charge in [0.2, 0.25) is 0 Å². The largest absolute Gasteiger partial charge is 0.481 e. The third-order valence-electron chi connectivity index (χ3n) is 5.67.